The maximum atomic E-state index is 13.0. The number of urea groups is 1. The Hall–Kier alpha value is -2.11. The Morgan fingerprint density at radius 3 is 2.65 bits per heavy atom. The molecule has 5 nitrogen and oxygen atoms in total. The molecule has 1 aliphatic carbocycles. The molecule has 1 unspecified atom stereocenters. The third-order valence-corrected chi connectivity index (χ3v) is 3.68. The largest absolute Gasteiger partial charge is 0.478 e. The van der Waals surface area contributed by atoms with Gasteiger partial charge in [0.05, 0.1) is 11.3 Å². The lowest BCUT2D eigenvalue weighted by atomic mass is 9.80. The summed E-state index contributed by atoms with van der Waals surface area (Å²) in [5.74, 6) is -1.46. The summed E-state index contributed by atoms with van der Waals surface area (Å²) in [6, 6.07) is 2.80. The molecule has 3 N–H and O–H groups in total. The Labute approximate surface area is 116 Å². The third kappa shape index (κ3) is 3.26. The summed E-state index contributed by atoms with van der Waals surface area (Å²) in [5.41, 5.74) is -0.186. The zero-order chi connectivity index (χ0) is 14.7. The fourth-order valence-corrected chi connectivity index (χ4v) is 2.23. The fourth-order valence-electron chi connectivity index (χ4n) is 2.23. The Morgan fingerprint density at radius 2 is 2.10 bits per heavy atom. The molecule has 0 aromatic heterocycles. The molecule has 1 aromatic rings. The molecule has 108 valence electrons. The van der Waals surface area contributed by atoms with E-state index in [4.69, 9.17) is 5.11 Å². The van der Waals surface area contributed by atoms with Gasteiger partial charge >= 0.3 is 12.0 Å². The number of hydrogen-bond acceptors (Lipinski definition) is 2. The number of amides is 2. The minimum atomic E-state index is -1.29. The predicted molar refractivity (Wildman–Crippen MR) is 72.3 cm³/mol. The molecular weight excluding hydrogens is 263 g/mol. The summed E-state index contributed by atoms with van der Waals surface area (Å²) in [7, 11) is 0. The highest BCUT2D eigenvalue weighted by Crippen LogP contribution is 2.29. The highest BCUT2D eigenvalue weighted by Gasteiger charge is 2.25. The number of rotatable bonds is 4. The number of halogens is 1. The zero-order valence-corrected chi connectivity index (χ0v) is 11.1. The van der Waals surface area contributed by atoms with Crippen molar-refractivity contribution in [3.05, 3.63) is 29.6 Å². The van der Waals surface area contributed by atoms with Crippen molar-refractivity contribution < 1.29 is 19.1 Å². The van der Waals surface area contributed by atoms with Crippen LogP contribution in [0, 0.1) is 11.7 Å². The summed E-state index contributed by atoms with van der Waals surface area (Å²) < 4.78 is 13.0. The van der Waals surface area contributed by atoms with Gasteiger partial charge in [-0.05, 0) is 43.9 Å². The second-order valence-electron chi connectivity index (χ2n) is 5.07. The van der Waals surface area contributed by atoms with Gasteiger partial charge in [-0.2, -0.15) is 0 Å². The van der Waals surface area contributed by atoms with Crippen LogP contribution in [0.15, 0.2) is 18.2 Å². The Bertz CT molecular complexity index is 529. The van der Waals surface area contributed by atoms with E-state index in [0.29, 0.717) is 5.92 Å². The van der Waals surface area contributed by atoms with Gasteiger partial charge in [0.1, 0.15) is 5.82 Å². The molecule has 0 aliphatic heterocycles. The van der Waals surface area contributed by atoms with E-state index in [2.05, 4.69) is 10.6 Å². The average Bonchev–Trinajstić information content (AvgIpc) is 2.28. The van der Waals surface area contributed by atoms with Crippen LogP contribution in [-0.4, -0.2) is 23.1 Å². The zero-order valence-electron chi connectivity index (χ0n) is 11.1. The Balaban J connectivity index is 2.01. The molecule has 2 rings (SSSR count). The normalized spacial score (nSPS) is 16.1. The van der Waals surface area contributed by atoms with Gasteiger partial charge in [0.2, 0.25) is 0 Å². The molecule has 1 fully saturated rings. The van der Waals surface area contributed by atoms with Gasteiger partial charge in [-0.25, -0.2) is 14.0 Å². The lowest BCUT2D eigenvalue weighted by Gasteiger charge is -2.31. The van der Waals surface area contributed by atoms with E-state index >= 15 is 0 Å². The fraction of sp³-hybridized carbons (Fsp3) is 0.429. The molecule has 0 heterocycles. The number of carboxylic acids is 1. The van der Waals surface area contributed by atoms with Gasteiger partial charge in [-0.3, -0.25) is 0 Å². The smallest absolute Gasteiger partial charge is 0.337 e. The van der Waals surface area contributed by atoms with E-state index in [0.717, 1.165) is 25.0 Å². The average molecular weight is 280 g/mol. The summed E-state index contributed by atoms with van der Waals surface area (Å²) in [6.07, 6.45) is 3.37. The molecule has 1 saturated carbocycles. The van der Waals surface area contributed by atoms with Gasteiger partial charge in [0.15, 0.2) is 0 Å². The van der Waals surface area contributed by atoms with E-state index in [1.165, 1.54) is 12.5 Å². The van der Waals surface area contributed by atoms with Crippen LogP contribution < -0.4 is 10.6 Å². The SMILES string of the molecule is CC(NC(=O)Nc1ccc(F)cc1C(=O)O)C1CCC1. The minimum absolute atomic E-state index is 0.0393. The van der Waals surface area contributed by atoms with Crippen LogP contribution in [0.4, 0.5) is 14.9 Å². The maximum Gasteiger partial charge on any atom is 0.337 e. The van der Waals surface area contributed by atoms with Crippen LogP contribution in [0.2, 0.25) is 0 Å². The van der Waals surface area contributed by atoms with Crippen LogP contribution in [0.5, 0.6) is 0 Å². The predicted octanol–water partition coefficient (Wildman–Crippen LogP) is 2.83. The summed E-state index contributed by atoms with van der Waals surface area (Å²) >= 11 is 0. The second kappa shape index (κ2) is 5.90. The highest BCUT2D eigenvalue weighted by molar-refractivity contribution is 6.00. The third-order valence-electron chi connectivity index (χ3n) is 3.68. The maximum absolute atomic E-state index is 13.0. The number of nitrogens with one attached hydrogen (secondary N) is 2. The van der Waals surface area contributed by atoms with Crippen molar-refractivity contribution in [2.45, 2.75) is 32.2 Å². The first kappa shape index (κ1) is 14.3. The number of hydrogen-bond donors (Lipinski definition) is 3. The van der Waals surface area contributed by atoms with E-state index in [9.17, 15) is 14.0 Å². The second-order valence-corrected chi connectivity index (χ2v) is 5.07. The van der Waals surface area contributed by atoms with Crippen molar-refractivity contribution in [2.75, 3.05) is 5.32 Å². The van der Waals surface area contributed by atoms with Crippen LogP contribution >= 0.6 is 0 Å². The van der Waals surface area contributed by atoms with Gasteiger partial charge in [0, 0.05) is 6.04 Å². The first-order valence-electron chi connectivity index (χ1n) is 6.57. The van der Waals surface area contributed by atoms with Crippen LogP contribution in [0.1, 0.15) is 36.5 Å². The Morgan fingerprint density at radius 1 is 1.40 bits per heavy atom. The topological polar surface area (TPSA) is 78.4 Å². The number of carbonyl (C=O) groups excluding carboxylic acids is 1. The van der Waals surface area contributed by atoms with Gasteiger partial charge < -0.3 is 15.7 Å². The number of anilines is 1. The van der Waals surface area contributed by atoms with E-state index < -0.39 is 17.8 Å². The monoisotopic (exact) mass is 280 g/mol. The lowest BCUT2D eigenvalue weighted by molar-refractivity contribution is 0.0697. The molecule has 1 aromatic carbocycles. The van der Waals surface area contributed by atoms with Crippen molar-refractivity contribution in [2.24, 2.45) is 5.92 Å². The number of carbonyl (C=O) groups is 2. The van der Waals surface area contributed by atoms with E-state index in [1.54, 1.807) is 0 Å². The van der Waals surface area contributed by atoms with Crippen molar-refractivity contribution in [3.63, 3.8) is 0 Å². The van der Waals surface area contributed by atoms with Crippen LogP contribution in [-0.2, 0) is 0 Å². The molecule has 0 bridgehead atoms. The molecule has 2 amide bonds. The van der Waals surface area contributed by atoms with Crippen molar-refractivity contribution in [3.8, 4) is 0 Å². The molecule has 1 atom stereocenters. The molecular formula is C14H17FN2O3. The van der Waals surface area contributed by atoms with Crippen molar-refractivity contribution in [1.82, 2.24) is 5.32 Å². The summed E-state index contributed by atoms with van der Waals surface area (Å²) in [4.78, 5) is 22.8. The lowest BCUT2D eigenvalue weighted by Crippen LogP contribution is -2.42. The first-order chi connectivity index (χ1) is 9.47. The van der Waals surface area contributed by atoms with Crippen LogP contribution in [0.3, 0.4) is 0 Å². The van der Waals surface area contributed by atoms with Gasteiger partial charge in [-0.15, -0.1) is 0 Å². The van der Waals surface area contributed by atoms with Crippen molar-refractivity contribution in [1.29, 1.82) is 0 Å². The molecule has 6 heteroatoms. The molecule has 0 spiro atoms. The summed E-state index contributed by atoms with van der Waals surface area (Å²) in [5, 5.41) is 14.2. The standard InChI is InChI=1S/C14H17FN2O3/c1-8(9-3-2-4-9)16-14(20)17-12-6-5-10(15)7-11(12)13(18)19/h5-9H,2-4H2,1H3,(H,18,19)(H2,16,17,20). The van der Waals surface area contributed by atoms with E-state index in [1.807, 2.05) is 6.92 Å². The highest BCUT2D eigenvalue weighted by atomic mass is 19.1. The first-order valence-corrected chi connectivity index (χ1v) is 6.57. The Kier molecular flexibility index (Phi) is 4.22. The molecule has 0 radical (unpaired) electrons. The van der Waals surface area contributed by atoms with Crippen LogP contribution in [0.25, 0.3) is 0 Å². The van der Waals surface area contributed by atoms with E-state index in [-0.39, 0.29) is 17.3 Å². The molecule has 0 saturated heterocycles. The van der Waals surface area contributed by atoms with Crippen molar-refractivity contribution >= 4 is 17.7 Å². The quantitative estimate of drug-likeness (QED) is 0.793. The molecule has 1 aliphatic rings. The van der Waals surface area contributed by atoms with Gasteiger partial charge in [0.25, 0.3) is 0 Å². The number of aromatic carboxylic acids is 1. The number of carboxylic acid groups (broad SMARTS) is 1. The minimum Gasteiger partial charge on any atom is -0.478 e. The summed E-state index contributed by atoms with van der Waals surface area (Å²) in [6.45, 7) is 1.92. The number of benzene rings is 1. The molecule has 20 heavy (non-hydrogen) atoms. The van der Waals surface area contributed by atoms with Gasteiger partial charge in [-0.1, -0.05) is 6.42 Å².